The molecule has 1 aromatic heterocycles. The summed E-state index contributed by atoms with van der Waals surface area (Å²) in [5.74, 6) is -1.49. The Morgan fingerprint density at radius 1 is 1.05 bits per heavy atom. The zero-order chi connectivity index (χ0) is 27.8. The number of nitrogens with zero attached hydrogens (tertiary/aromatic N) is 2. The van der Waals surface area contributed by atoms with E-state index in [1.54, 1.807) is 24.3 Å². The Hall–Kier alpha value is -4.41. The molecule has 1 atom stereocenters. The van der Waals surface area contributed by atoms with E-state index in [9.17, 15) is 18.8 Å². The number of nitrogens with one attached hydrogen (secondary N) is 2. The highest BCUT2D eigenvalue weighted by Gasteiger charge is 2.25. The third kappa shape index (κ3) is 7.09. The molecule has 0 aliphatic rings. The number of hydrogen-bond acceptors (Lipinski definition) is 6. The van der Waals surface area contributed by atoms with Crippen molar-refractivity contribution in [2.24, 2.45) is 5.92 Å². The van der Waals surface area contributed by atoms with Crippen molar-refractivity contribution in [3.63, 3.8) is 0 Å². The molecule has 0 radical (unpaired) electrons. The lowest BCUT2D eigenvalue weighted by atomic mass is 10.0. The third-order valence-corrected chi connectivity index (χ3v) is 5.66. The summed E-state index contributed by atoms with van der Waals surface area (Å²) in [6.45, 7) is 3.39. The quantitative estimate of drug-likeness (QED) is 0.329. The summed E-state index contributed by atoms with van der Waals surface area (Å²) >= 11 is 0. The van der Waals surface area contributed by atoms with Gasteiger partial charge in [-0.05, 0) is 54.8 Å². The molecule has 0 fully saturated rings. The monoisotopic (exact) mass is 526 g/mol. The zero-order valence-corrected chi connectivity index (χ0v) is 21.7. The molecule has 0 spiro atoms. The van der Waals surface area contributed by atoms with E-state index < -0.39 is 36.2 Å². The van der Waals surface area contributed by atoms with Crippen LogP contribution in [0.4, 0.5) is 4.39 Å². The number of carbonyl (C=O) groups excluding carboxylic acids is 2. The lowest BCUT2D eigenvalue weighted by Gasteiger charge is -2.19. The molecule has 38 heavy (non-hydrogen) atoms. The normalized spacial score (nSPS) is 11.6. The second-order valence-electron chi connectivity index (χ2n) is 9.02. The van der Waals surface area contributed by atoms with Crippen LogP contribution in [0.15, 0.2) is 48.5 Å². The molecule has 3 rings (SSSR count). The van der Waals surface area contributed by atoms with Gasteiger partial charge in [0.2, 0.25) is 5.91 Å². The van der Waals surface area contributed by atoms with Crippen LogP contribution in [-0.4, -0.2) is 59.5 Å². The number of carboxylic acid groups (broad SMARTS) is 1. The highest BCUT2D eigenvalue weighted by molar-refractivity contribution is 5.95. The molecule has 1 heterocycles. The Kier molecular flexibility index (Phi) is 9.42. The first kappa shape index (κ1) is 28.2. The second-order valence-corrected chi connectivity index (χ2v) is 9.02. The Bertz CT molecular complexity index is 1270. The Balaban J connectivity index is 2.01. The number of methoxy groups -OCH3 is 2. The first-order chi connectivity index (χ1) is 18.1. The van der Waals surface area contributed by atoms with Gasteiger partial charge in [-0.1, -0.05) is 19.9 Å². The van der Waals surface area contributed by atoms with Crippen molar-refractivity contribution in [2.45, 2.75) is 32.7 Å². The molecule has 202 valence electrons. The number of carboxylic acids is 1. The van der Waals surface area contributed by atoms with E-state index in [1.807, 2.05) is 13.8 Å². The molecule has 0 aliphatic heterocycles. The highest BCUT2D eigenvalue weighted by atomic mass is 19.1. The number of ether oxygens (including phenoxy) is 2. The van der Waals surface area contributed by atoms with Crippen molar-refractivity contribution in [3.05, 3.63) is 60.0 Å². The number of carbonyl (C=O) groups is 3. The molecule has 11 heteroatoms. The fraction of sp³-hybridized carbons (Fsp3) is 0.333. The molecule has 0 unspecified atom stereocenters. The van der Waals surface area contributed by atoms with Crippen molar-refractivity contribution in [1.82, 2.24) is 20.4 Å². The van der Waals surface area contributed by atoms with Crippen LogP contribution in [0, 0.1) is 11.7 Å². The van der Waals surface area contributed by atoms with Crippen LogP contribution >= 0.6 is 0 Å². The van der Waals surface area contributed by atoms with Gasteiger partial charge in [-0.3, -0.25) is 14.4 Å². The summed E-state index contributed by atoms with van der Waals surface area (Å²) < 4.78 is 26.2. The van der Waals surface area contributed by atoms with E-state index in [0.717, 1.165) is 0 Å². The van der Waals surface area contributed by atoms with Crippen molar-refractivity contribution >= 4 is 17.8 Å². The number of halogens is 1. The minimum absolute atomic E-state index is 0.0528. The molecule has 3 aromatic rings. The minimum atomic E-state index is -1.16. The lowest BCUT2D eigenvalue weighted by molar-refractivity contribution is -0.138. The molecule has 0 aliphatic carbocycles. The van der Waals surface area contributed by atoms with Gasteiger partial charge >= 0.3 is 5.97 Å². The third-order valence-electron chi connectivity index (χ3n) is 5.66. The van der Waals surface area contributed by atoms with Crippen LogP contribution in [0.1, 0.15) is 37.2 Å². The molecule has 3 N–H and O–H groups in total. The van der Waals surface area contributed by atoms with Gasteiger partial charge in [0.05, 0.1) is 31.2 Å². The summed E-state index contributed by atoms with van der Waals surface area (Å²) in [5.41, 5.74) is 1.56. The maximum absolute atomic E-state index is 13.6. The maximum Gasteiger partial charge on any atom is 0.322 e. The standard InChI is InChI=1S/C27H31FN4O6/c1-16(2)12-18(13-24(33)29-15-25(34)35)30-27(36)20-14-21(26-22(37-3)6-5-7-23(26)38-4)32(31-20)19-10-8-17(28)9-11-19/h5-11,14,16,18H,12-13,15H2,1-4H3,(H,29,33)(H,30,36)(H,34,35)/t18-/m0/s1. The van der Waals surface area contributed by atoms with Gasteiger partial charge in [0, 0.05) is 12.5 Å². The Morgan fingerprint density at radius 3 is 2.24 bits per heavy atom. The number of aromatic nitrogens is 2. The van der Waals surface area contributed by atoms with Crippen molar-refractivity contribution in [3.8, 4) is 28.4 Å². The van der Waals surface area contributed by atoms with E-state index in [0.29, 0.717) is 34.9 Å². The topological polar surface area (TPSA) is 132 Å². The minimum Gasteiger partial charge on any atom is -0.496 e. The summed E-state index contributed by atoms with van der Waals surface area (Å²) in [7, 11) is 3.02. The molecule has 0 bridgehead atoms. The van der Waals surface area contributed by atoms with Crippen LogP contribution in [0.25, 0.3) is 16.9 Å². The average Bonchev–Trinajstić information content (AvgIpc) is 3.32. The van der Waals surface area contributed by atoms with Gasteiger partial charge in [0.1, 0.15) is 23.9 Å². The molecule has 2 amide bonds. The highest BCUT2D eigenvalue weighted by Crippen LogP contribution is 2.39. The van der Waals surface area contributed by atoms with Crippen LogP contribution < -0.4 is 20.1 Å². The second kappa shape index (κ2) is 12.7. The predicted octanol–water partition coefficient (Wildman–Crippen LogP) is 3.43. The smallest absolute Gasteiger partial charge is 0.322 e. The SMILES string of the molecule is COc1cccc(OC)c1-c1cc(C(=O)N[C@H](CC(=O)NCC(=O)O)CC(C)C)nn1-c1ccc(F)cc1. The number of rotatable bonds is 12. The molecular weight excluding hydrogens is 495 g/mol. The number of amides is 2. The van der Waals surface area contributed by atoms with Crippen LogP contribution in [0.5, 0.6) is 11.5 Å². The zero-order valence-electron chi connectivity index (χ0n) is 21.7. The molecular formula is C27H31FN4O6. The maximum atomic E-state index is 13.6. The molecule has 2 aromatic carbocycles. The van der Waals surface area contributed by atoms with Gasteiger partial charge in [-0.15, -0.1) is 0 Å². The largest absolute Gasteiger partial charge is 0.496 e. The van der Waals surface area contributed by atoms with Crippen molar-refractivity contribution < 1.29 is 33.4 Å². The lowest BCUT2D eigenvalue weighted by Crippen LogP contribution is -2.41. The Morgan fingerprint density at radius 2 is 1.68 bits per heavy atom. The fourth-order valence-corrected chi connectivity index (χ4v) is 4.04. The van der Waals surface area contributed by atoms with E-state index in [4.69, 9.17) is 14.6 Å². The fourth-order valence-electron chi connectivity index (χ4n) is 4.04. The molecule has 10 nitrogen and oxygen atoms in total. The van der Waals surface area contributed by atoms with Crippen LogP contribution in [-0.2, 0) is 9.59 Å². The number of benzene rings is 2. The van der Waals surface area contributed by atoms with Crippen molar-refractivity contribution in [2.75, 3.05) is 20.8 Å². The predicted molar refractivity (Wildman–Crippen MR) is 138 cm³/mol. The molecule has 0 saturated carbocycles. The van der Waals surface area contributed by atoms with Crippen molar-refractivity contribution in [1.29, 1.82) is 0 Å². The van der Waals surface area contributed by atoms with E-state index >= 15 is 0 Å². The van der Waals surface area contributed by atoms with Crippen LogP contribution in [0.3, 0.4) is 0 Å². The average molecular weight is 527 g/mol. The van der Waals surface area contributed by atoms with E-state index in [1.165, 1.54) is 43.2 Å². The number of aliphatic carboxylic acids is 1. The van der Waals surface area contributed by atoms with Gasteiger partial charge < -0.3 is 25.2 Å². The summed E-state index contributed by atoms with van der Waals surface area (Å²) in [6.07, 6.45) is 0.390. The summed E-state index contributed by atoms with van der Waals surface area (Å²) in [5, 5.41) is 18.5. The summed E-state index contributed by atoms with van der Waals surface area (Å²) in [4.78, 5) is 36.4. The first-order valence-electron chi connectivity index (χ1n) is 12.0. The van der Waals surface area contributed by atoms with Gasteiger partial charge in [0.25, 0.3) is 5.91 Å². The van der Waals surface area contributed by atoms with Crippen LogP contribution in [0.2, 0.25) is 0 Å². The van der Waals surface area contributed by atoms with Gasteiger partial charge in [-0.25, -0.2) is 9.07 Å². The van der Waals surface area contributed by atoms with Gasteiger partial charge in [0.15, 0.2) is 5.69 Å². The Labute approximate surface area is 219 Å². The summed E-state index contributed by atoms with van der Waals surface area (Å²) in [6, 6.07) is 11.9. The molecule has 0 saturated heterocycles. The van der Waals surface area contributed by atoms with Gasteiger partial charge in [-0.2, -0.15) is 5.10 Å². The first-order valence-corrected chi connectivity index (χ1v) is 12.0. The van der Waals surface area contributed by atoms with E-state index in [-0.39, 0.29) is 18.0 Å². The number of hydrogen-bond donors (Lipinski definition) is 3. The van der Waals surface area contributed by atoms with E-state index in [2.05, 4.69) is 15.7 Å².